The Balaban J connectivity index is 0.947. The summed E-state index contributed by atoms with van der Waals surface area (Å²) < 4.78 is 12.9. The van der Waals surface area contributed by atoms with Gasteiger partial charge >= 0.3 is 5.97 Å². The Morgan fingerprint density at radius 3 is 1.65 bits per heavy atom. The van der Waals surface area contributed by atoms with Crippen molar-refractivity contribution in [2.24, 2.45) is 0 Å². The average Bonchev–Trinajstić information content (AvgIpc) is 4.15. The second kappa shape index (κ2) is 14.4. The number of fused-ring (bicyclic) bond motifs is 10. The third-order valence-corrected chi connectivity index (χ3v) is 18.1. The second-order valence-corrected chi connectivity index (χ2v) is 22.3. The van der Waals surface area contributed by atoms with Gasteiger partial charge in [-0.25, -0.2) is 4.79 Å². The van der Waals surface area contributed by atoms with Gasteiger partial charge in [0.05, 0.1) is 9.75 Å². The number of aliphatic carboxylic acids is 1. The highest BCUT2D eigenvalue weighted by Crippen LogP contribution is 2.61. The number of rotatable bonds is 7. The molecule has 0 unspecified atom stereocenters. The molecule has 3 aromatic heterocycles. The van der Waals surface area contributed by atoms with Crippen LogP contribution in [0.4, 0.5) is 17.1 Å². The zero-order valence-corrected chi connectivity index (χ0v) is 39.8. The first-order valence-corrected chi connectivity index (χ1v) is 24.7. The summed E-state index contributed by atoms with van der Waals surface area (Å²) in [5.74, 6) is 0.339. The lowest BCUT2D eigenvalue weighted by Gasteiger charge is -2.30. The largest absolute Gasteiger partial charge is 0.485 e. The summed E-state index contributed by atoms with van der Waals surface area (Å²) in [6, 6.07) is 46.7. The van der Waals surface area contributed by atoms with Crippen molar-refractivity contribution in [1.29, 1.82) is 5.26 Å². The van der Waals surface area contributed by atoms with E-state index in [9.17, 15) is 15.2 Å². The monoisotopic (exact) mass is 916 g/mol. The van der Waals surface area contributed by atoms with E-state index in [1.807, 2.05) is 12.1 Å². The van der Waals surface area contributed by atoms with E-state index in [1.165, 1.54) is 72.4 Å². The number of hydrogen-bond acceptors (Lipinski definition) is 8. The number of thiophene rings is 3. The van der Waals surface area contributed by atoms with Gasteiger partial charge in [0.25, 0.3) is 0 Å². The Labute approximate surface area is 396 Å². The third kappa shape index (κ3) is 5.84. The molecule has 8 aromatic rings. The van der Waals surface area contributed by atoms with E-state index in [2.05, 4.69) is 162 Å². The normalized spacial score (nSPS) is 16.1. The standard InChI is InChI=1S/C57H44N2O4S3/c1-55(2)41-13-9-7-11-37(41)39-21-19-34(26-43(39)55)59(35-20-22-40-38-12-8-10-14-42(38)56(3,4)44(40)27-35)33-17-15-31(16-18-33)50-48-49(63-24-23-62-48)53(66-50)47-29-46-52(65-47)51-45(57(46,5)6)28-36(64-51)25-32(30-58)54(60)61/h7-22,25-29H,23-24H2,1-6H3,(H,60,61)/b32-25-. The van der Waals surface area contributed by atoms with Crippen molar-refractivity contribution in [3.63, 3.8) is 0 Å². The van der Waals surface area contributed by atoms with E-state index in [4.69, 9.17) is 9.47 Å². The van der Waals surface area contributed by atoms with Crippen LogP contribution in [0, 0.1) is 11.3 Å². The first kappa shape index (κ1) is 40.8. The van der Waals surface area contributed by atoms with Crippen LogP contribution in [0.25, 0.3) is 58.3 Å². The van der Waals surface area contributed by atoms with Crippen molar-refractivity contribution in [2.45, 2.75) is 57.8 Å². The fourth-order valence-corrected chi connectivity index (χ4v) is 14.9. The predicted molar refractivity (Wildman–Crippen MR) is 271 cm³/mol. The molecule has 4 heterocycles. The Hall–Kier alpha value is -6.70. The van der Waals surface area contributed by atoms with E-state index < -0.39 is 5.97 Å². The van der Waals surface area contributed by atoms with Crippen molar-refractivity contribution in [3.05, 3.63) is 165 Å². The molecule has 9 heteroatoms. The van der Waals surface area contributed by atoms with Gasteiger partial charge in [0.1, 0.15) is 24.9 Å². The maximum atomic E-state index is 11.6. The van der Waals surface area contributed by atoms with Gasteiger partial charge in [-0.05, 0) is 116 Å². The highest BCUT2D eigenvalue weighted by Gasteiger charge is 2.41. The van der Waals surface area contributed by atoms with Gasteiger partial charge in [0.15, 0.2) is 11.5 Å². The van der Waals surface area contributed by atoms with Crippen LogP contribution in [0.2, 0.25) is 0 Å². The molecular weight excluding hydrogens is 873 g/mol. The van der Waals surface area contributed by atoms with Crippen LogP contribution in [0.1, 0.15) is 79.8 Å². The quantitative estimate of drug-likeness (QED) is 0.127. The van der Waals surface area contributed by atoms with E-state index in [1.54, 1.807) is 22.7 Å². The molecule has 0 amide bonds. The van der Waals surface area contributed by atoms with Crippen molar-refractivity contribution in [3.8, 4) is 69.8 Å². The molecule has 0 atom stereocenters. The topological polar surface area (TPSA) is 82.8 Å². The van der Waals surface area contributed by atoms with E-state index in [-0.39, 0.29) is 21.8 Å². The molecular formula is C57H44N2O4S3. The molecule has 6 nitrogen and oxygen atoms in total. The highest BCUT2D eigenvalue weighted by molar-refractivity contribution is 7.28. The zero-order chi connectivity index (χ0) is 45.4. The molecule has 0 saturated heterocycles. The minimum absolute atomic E-state index is 0.147. The third-order valence-electron chi connectivity index (χ3n) is 14.3. The number of nitriles is 1. The van der Waals surface area contributed by atoms with Gasteiger partial charge in [0, 0.05) is 52.8 Å². The first-order chi connectivity index (χ1) is 31.7. The van der Waals surface area contributed by atoms with Crippen molar-refractivity contribution < 1.29 is 19.4 Å². The maximum absolute atomic E-state index is 11.6. The molecule has 324 valence electrons. The van der Waals surface area contributed by atoms with Crippen LogP contribution < -0.4 is 14.4 Å². The number of benzene rings is 5. The van der Waals surface area contributed by atoms with Crippen LogP contribution in [0.5, 0.6) is 11.5 Å². The zero-order valence-electron chi connectivity index (χ0n) is 37.3. The minimum Gasteiger partial charge on any atom is -0.485 e. The van der Waals surface area contributed by atoms with Crippen LogP contribution in [-0.2, 0) is 21.0 Å². The summed E-state index contributed by atoms with van der Waals surface area (Å²) in [6.45, 7) is 14.7. The van der Waals surface area contributed by atoms with Gasteiger partial charge < -0.3 is 19.5 Å². The van der Waals surface area contributed by atoms with Gasteiger partial charge in [-0.15, -0.1) is 34.0 Å². The summed E-state index contributed by atoms with van der Waals surface area (Å²) in [5, 5.41) is 18.9. The van der Waals surface area contributed by atoms with E-state index in [0.29, 0.717) is 13.2 Å². The molecule has 12 rings (SSSR count). The van der Waals surface area contributed by atoms with Crippen LogP contribution in [0.3, 0.4) is 0 Å². The first-order valence-electron chi connectivity index (χ1n) is 22.2. The van der Waals surface area contributed by atoms with Crippen molar-refractivity contribution in [1.82, 2.24) is 0 Å². The van der Waals surface area contributed by atoms with Gasteiger partial charge in [-0.3, -0.25) is 0 Å². The van der Waals surface area contributed by atoms with Crippen molar-refractivity contribution in [2.75, 3.05) is 18.1 Å². The fourth-order valence-electron chi connectivity index (χ4n) is 10.9. The SMILES string of the molecule is CC1(C)c2ccccc2-c2ccc(N(c3ccc(-c4sc(-c5cc6c(s5)-c5sc(/C=C(/C#N)C(=O)O)cc5C6(C)C)c5c4OCCO5)cc3)c3ccc4c(c3)C(C)(C)c3ccccc3-4)cc21. The Morgan fingerprint density at radius 1 is 0.576 bits per heavy atom. The fraction of sp³-hybridized carbons (Fsp3) is 0.193. The molecule has 0 fully saturated rings. The highest BCUT2D eigenvalue weighted by atomic mass is 32.1. The van der Waals surface area contributed by atoms with Gasteiger partial charge in [-0.2, -0.15) is 5.26 Å². The number of carboxylic acid groups (broad SMARTS) is 1. The molecule has 3 aliphatic carbocycles. The number of carboxylic acids is 1. The summed E-state index contributed by atoms with van der Waals surface area (Å²) in [5.41, 5.74) is 16.4. The lowest BCUT2D eigenvalue weighted by Crippen LogP contribution is -2.18. The molecule has 0 spiro atoms. The Morgan fingerprint density at radius 2 is 1.08 bits per heavy atom. The lowest BCUT2D eigenvalue weighted by atomic mass is 9.82. The Kier molecular flexibility index (Phi) is 8.90. The summed E-state index contributed by atoms with van der Waals surface area (Å²) >= 11 is 4.97. The van der Waals surface area contributed by atoms with Crippen molar-refractivity contribution >= 4 is 63.1 Å². The van der Waals surface area contributed by atoms with Gasteiger partial charge in [0.2, 0.25) is 0 Å². The number of ether oxygens (including phenoxy) is 2. The summed E-state index contributed by atoms with van der Waals surface area (Å²) in [6.07, 6.45) is 1.48. The number of hydrogen-bond donors (Lipinski definition) is 1. The summed E-state index contributed by atoms with van der Waals surface area (Å²) in [7, 11) is 0. The van der Waals surface area contributed by atoms with Gasteiger partial charge in [-0.1, -0.05) is 114 Å². The van der Waals surface area contributed by atoms with E-state index in [0.717, 1.165) is 64.1 Å². The molecule has 4 aliphatic rings. The average molecular weight is 917 g/mol. The van der Waals surface area contributed by atoms with Crippen LogP contribution in [0.15, 0.2) is 127 Å². The molecule has 5 aromatic carbocycles. The number of carbonyl (C=O) groups is 1. The second-order valence-electron chi connectivity index (χ2n) is 19.1. The molecule has 0 bridgehead atoms. The number of nitrogens with zero attached hydrogens (tertiary/aromatic N) is 2. The molecule has 66 heavy (non-hydrogen) atoms. The predicted octanol–water partition coefficient (Wildman–Crippen LogP) is 15.4. The van der Waals surface area contributed by atoms with Crippen LogP contribution >= 0.6 is 34.0 Å². The Bertz CT molecular complexity index is 3360. The van der Waals surface area contributed by atoms with Crippen LogP contribution in [-0.4, -0.2) is 24.3 Å². The lowest BCUT2D eigenvalue weighted by molar-refractivity contribution is -0.132. The molecule has 0 saturated carbocycles. The molecule has 1 aliphatic heterocycles. The summed E-state index contributed by atoms with van der Waals surface area (Å²) in [4.78, 5) is 20.3. The van der Waals surface area contributed by atoms with E-state index >= 15 is 0 Å². The minimum atomic E-state index is -1.22. The molecule has 1 N–H and O–H groups in total. The smallest absolute Gasteiger partial charge is 0.346 e. The number of anilines is 3. The maximum Gasteiger partial charge on any atom is 0.346 e. The molecule has 0 radical (unpaired) electrons.